The van der Waals surface area contributed by atoms with Crippen LogP contribution in [0, 0.1) is 0 Å². The number of anilines is 1. The summed E-state index contributed by atoms with van der Waals surface area (Å²) in [4.78, 5) is 26.2. The molecule has 0 heterocycles. The SMILES string of the molecule is CC(C)(C(=O)O)N(C(=O)OCC1c2ccccc2-c2c(Cl)cccc21)c1ccccc1. The van der Waals surface area contributed by atoms with E-state index in [2.05, 4.69) is 0 Å². The van der Waals surface area contributed by atoms with Crippen molar-refractivity contribution in [1.29, 1.82) is 0 Å². The van der Waals surface area contributed by atoms with Crippen LogP contribution in [-0.2, 0) is 9.53 Å². The maximum Gasteiger partial charge on any atom is 0.415 e. The molecule has 1 aliphatic carbocycles. The van der Waals surface area contributed by atoms with Gasteiger partial charge in [-0.05, 0) is 48.7 Å². The van der Waals surface area contributed by atoms with Gasteiger partial charge in [0.2, 0.25) is 0 Å². The minimum absolute atomic E-state index is 0.0716. The van der Waals surface area contributed by atoms with Gasteiger partial charge in [0.15, 0.2) is 0 Å². The van der Waals surface area contributed by atoms with E-state index in [1.54, 1.807) is 30.3 Å². The molecule has 1 unspecified atom stereocenters. The number of carboxylic acids is 1. The molecule has 0 aromatic heterocycles. The lowest BCUT2D eigenvalue weighted by molar-refractivity contribution is -0.142. The molecule has 0 saturated carbocycles. The Bertz CT molecular complexity index is 1140. The van der Waals surface area contributed by atoms with Crippen molar-refractivity contribution in [2.75, 3.05) is 11.5 Å². The summed E-state index contributed by atoms with van der Waals surface area (Å²) in [5.41, 5.74) is 2.96. The van der Waals surface area contributed by atoms with Crippen molar-refractivity contribution in [3.63, 3.8) is 0 Å². The van der Waals surface area contributed by atoms with Crippen LogP contribution in [0.4, 0.5) is 10.5 Å². The molecule has 4 rings (SSSR count). The monoisotopic (exact) mass is 435 g/mol. The number of fused-ring (bicyclic) bond motifs is 3. The van der Waals surface area contributed by atoms with Crippen molar-refractivity contribution in [3.8, 4) is 11.1 Å². The van der Waals surface area contributed by atoms with E-state index < -0.39 is 17.6 Å². The molecule has 0 saturated heterocycles. The summed E-state index contributed by atoms with van der Waals surface area (Å²) in [6.07, 6.45) is -0.716. The van der Waals surface area contributed by atoms with Gasteiger partial charge in [0, 0.05) is 22.2 Å². The molecule has 1 amide bonds. The zero-order valence-corrected chi connectivity index (χ0v) is 18.0. The number of carbonyl (C=O) groups is 2. The van der Waals surface area contributed by atoms with Gasteiger partial charge in [-0.3, -0.25) is 4.90 Å². The average molecular weight is 436 g/mol. The second-order valence-electron chi connectivity index (χ2n) is 7.96. The van der Waals surface area contributed by atoms with Crippen LogP contribution in [0.5, 0.6) is 0 Å². The van der Waals surface area contributed by atoms with Crippen molar-refractivity contribution in [2.24, 2.45) is 0 Å². The molecule has 0 spiro atoms. The van der Waals surface area contributed by atoms with Crippen LogP contribution < -0.4 is 4.90 Å². The molecule has 3 aromatic carbocycles. The number of carbonyl (C=O) groups excluding carboxylic acids is 1. The van der Waals surface area contributed by atoms with Gasteiger partial charge in [-0.15, -0.1) is 0 Å². The molecule has 31 heavy (non-hydrogen) atoms. The third-order valence-electron chi connectivity index (χ3n) is 5.68. The number of carboxylic acid groups (broad SMARTS) is 1. The fourth-order valence-corrected chi connectivity index (χ4v) is 4.32. The molecular formula is C25H22ClNO4. The number of amides is 1. The highest BCUT2D eigenvalue weighted by Crippen LogP contribution is 2.47. The fourth-order valence-electron chi connectivity index (χ4n) is 4.04. The van der Waals surface area contributed by atoms with Crippen molar-refractivity contribution < 1.29 is 19.4 Å². The minimum Gasteiger partial charge on any atom is -0.480 e. The topological polar surface area (TPSA) is 66.8 Å². The Kier molecular flexibility index (Phi) is 5.46. The van der Waals surface area contributed by atoms with E-state index in [1.165, 1.54) is 18.7 Å². The van der Waals surface area contributed by atoms with E-state index in [9.17, 15) is 14.7 Å². The Morgan fingerprint density at radius 2 is 1.61 bits per heavy atom. The normalized spacial score (nSPS) is 14.5. The van der Waals surface area contributed by atoms with Crippen LogP contribution >= 0.6 is 11.6 Å². The summed E-state index contributed by atoms with van der Waals surface area (Å²) in [5, 5.41) is 10.4. The van der Waals surface area contributed by atoms with Crippen LogP contribution in [-0.4, -0.2) is 29.3 Å². The maximum atomic E-state index is 13.2. The highest BCUT2D eigenvalue weighted by molar-refractivity contribution is 6.33. The van der Waals surface area contributed by atoms with Crippen molar-refractivity contribution >= 4 is 29.4 Å². The molecular weight excluding hydrogens is 414 g/mol. The summed E-state index contributed by atoms with van der Waals surface area (Å²) in [5.74, 6) is -1.31. The Labute approximate surface area is 185 Å². The number of hydrogen-bond donors (Lipinski definition) is 1. The third kappa shape index (κ3) is 3.66. The molecule has 0 bridgehead atoms. The van der Waals surface area contributed by atoms with E-state index in [1.807, 2.05) is 42.5 Å². The zero-order chi connectivity index (χ0) is 22.2. The molecule has 0 radical (unpaired) electrons. The Morgan fingerprint density at radius 3 is 2.32 bits per heavy atom. The molecule has 1 N–H and O–H groups in total. The summed E-state index contributed by atoms with van der Waals surface area (Å²) in [6.45, 7) is 3.02. The molecule has 1 aliphatic rings. The second-order valence-corrected chi connectivity index (χ2v) is 8.36. The van der Waals surface area contributed by atoms with E-state index >= 15 is 0 Å². The van der Waals surface area contributed by atoms with Crippen LogP contribution in [0.1, 0.15) is 30.9 Å². The van der Waals surface area contributed by atoms with Gasteiger partial charge in [0.25, 0.3) is 0 Å². The predicted molar refractivity (Wildman–Crippen MR) is 121 cm³/mol. The molecule has 5 nitrogen and oxygen atoms in total. The molecule has 1 atom stereocenters. The number of nitrogens with zero attached hydrogens (tertiary/aromatic N) is 1. The molecule has 6 heteroatoms. The highest BCUT2D eigenvalue weighted by atomic mass is 35.5. The number of hydrogen-bond acceptors (Lipinski definition) is 3. The van der Waals surface area contributed by atoms with Crippen molar-refractivity contribution in [2.45, 2.75) is 25.3 Å². The Balaban J connectivity index is 1.65. The van der Waals surface area contributed by atoms with Gasteiger partial charge < -0.3 is 9.84 Å². The van der Waals surface area contributed by atoms with E-state index in [0.717, 1.165) is 22.3 Å². The maximum absolute atomic E-state index is 13.2. The van der Waals surface area contributed by atoms with Crippen molar-refractivity contribution in [3.05, 3.63) is 88.9 Å². The first-order chi connectivity index (χ1) is 14.8. The number of para-hydroxylation sites is 1. The van der Waals surface area contributed by atoms with Crippen LogP contribution in [0.2, 0.25) is 5.02 Å². The lowest BCUT2D eigenvalue weighted by atomic mass is 9.98. The van der Waals surface area contributed by atoms with E-state index in [0.29, 0.717) is 10.7 Å². The summed E-state index contributed by atoms with van der Waals surface area (Å²) >= 11 is 6.47. The number of ether oxygens (including phenoxy) is 1. The first-order valence-corrected chi connectivity index (χ1v) is 10.3. The van der Waals surface area contributed by atoms with E-state index in [-0.39, 0.29) is 12.5 Å². The van der Waals surface area contributed by atoms with Crippen LogP contribution in [0.3, 0.4) is 0 Å². The smallest absolute Gasteiger partial charge is 0.415 e. The average Bonchev–Trinajstić information content (AvgIpc) is 3.07. The van der Waals surface area contributed by atoms with Crippen LogP contribution in [0.15, 0.2) is 72.8 Å². The van der Waals surface area contributed by atoms with Gasteiger partial charge in [-0.1, -0.05) is 66.2 Å². The van der Waals surface area contributed by atoms with Gasteiger partial charge in [-0.25, -0.2) is 9.59 Å². The quantitative estimate of drug-likeness (QED) is 0.537. The lowest BCUT2D eigenvalue weighted by Crippen LogP contribution is -2.53. The number of halogens is 1. The molecule has 158 valence electrons. The first-order valence-electron chi connectivity index (χ1n) is 9.95. The van der Waals surface area contributed by atoms with Crippen molar-refractivity contribution in [1.82, 2.24) is 0 Å². The number of aliphatic carboxylic acids is 1. The van der Waals surface area contributed by atoms with Gasteiger partial charge in [-0.2, -0.15) is 0 Å². The summed E-state index contributed by atoms with van der Waals surface area (Å²) < 4.78 is 5.71. The Morgan fingerprint density at radius 1 is 0.968 bits per heavy atom. The molecule has 0 fully saturated rings. The standard InChI is InChI=1S/C25H22ClNO4/c1-25(2,23(28)29)27(16-9-4-3-5-10-16)24(30)31-15-20-17-11-6-7-12-18(17)22-19(20)13-8-14-21(22)26/h3-14,20H,15H2,1-2H3,(H,28,29). The van der Waals surface area contributed by atoms with Gasteiger partial charge in [0.1, 0.15) is 12.1 Å². The first kappa shape index (κ1) is 20.9. The van der Waals surface area contributed by atoms with Gasteiger partial charge in [0.05, 0.1) is 0 Å². The summed E-state index contributed by atoms with van der Waals surface area (Å²) in [7, 11) is 0. The number of rotatable bonds is 5. The van der Waals surface area contributed by atoms with E-state index in [4.69, 9.17) is 16.3 Å². The second kappa shape index (κ2) is 8.08. The largest absolute Gasteiger partial charge is 0.480 e. The predicted octanol–water partition coefficient (Wildman–Crippen LogP) is 5.96. The van der Waals surface area contributed by atoms with Crippen LogP contribution in [0.25, 0.3) is 11.1 Å². The van der Waals surface area contributed by atoms with Gasteiger partial charge >= 0.3 is 12.1 Å². The Hall–Kier alpha value is -3.31. The third-order valence-corrected chi connectivity index (χ3v) is 5.99. The lowest BCUT2D eigenvalue weighted by Gasteiger charge is -2.34. The highest BCUT2D eigenvalue weighted by Gasteiger charge is 2.41. The molecule has 0 aliphatic heterocycles. The number of benzene rings is 3. The minimum atomic E-state index is -1.49. The summed E-state index contributed by atoms with van der Waals surface area (Å²) in [6, 6.07) is 22.3. The molecule has 3 aromatic rings. The fraction of sp³-hybridized carbons (Fsp3) is 0.200. The zero-order valence-electron chi connectivity index (χ0n) is 17.2.